The summed E-state index contributed by atoms with van der Waals surface area (Å²) in [7, 11) is 5.77. The highest BCUT2D eigenvalue weighted by atomic mass is 19.1. The van der Waals surface area contributed by atoms with Crippen LogP contribution in [-0.4, -0.2) is 50.2 Å². The van der Waals surface area contributed by atoms with Crippen LogP contribution in [0, 0.1) is 5.82 Å². The van der Waals surface area contributed by atoms with Gasteiger partial charge in [-0.2, -0.15) is 0 Å². The molecule has 0 atom stereocenters. The van der Waals surface area contributed by atoms with E-state index in [-0.39, 0.29) is 5.69 Å². The highest BCUT2D eigenvalue weighted by Crippen LogP contribution is 2.26. The Bertz CT molecular complexity index is 463. The molecule has 1 rings (SSSR count). The molecule has 0 aliphatic carbocycles. The quantitative estimate of drug-likeness (QED) is 0.766. The number of anilines is 2. The third kappa shape index (κ3) is 4.10. The van der Waals surface area contributed by atoms with Crippen molar-refractivity contribution in [1.82, 2.24) is 4.90 Å². The fourth-order valence-electron chi connectivity index (χ4n) is 1.82. The van der Waals surface area contributed by atoms with Gasteiger partial charge < -0.3 is 20.6 Å². The van der Waals surface area contributed by atoms with E-state index in [4.69, 9.17) is 10.8 Å². The van der Waals surface area contributed by atoms with Crippen LogP contribution in [0.2, 0.25) is 0 Å². The molecule has 0 unspecified atom stereocenters. The second-order valence-corrected chi connectivity index (χ2v) is 4.77. The largest absolute Gasteiger partial charge is 0.478 e. The second-order valence-electron chi connectivity index (χ2n) is 4.77. The Morgan fingerprint density at radius 1 is 1.32 bits per heavy atom. The van der Waals surface area contributed by atoms with Crippen LogP contribution >= 0.6 is 0 Å². The predicted octanol–water partition coefficient (Wildman–Crippen LogP) is 1.49. The highest BCUT2D eigenvalue weighted by Gasteiger charge is 2.15. The summed E-state index contributed by atoms with van der Waals surface area (Å²) in [6.45, 7) is 1.63. The molecule has 0 aromatic heterocycles. The van der Waals surface area contributed by atoms with Gasteiger partial charge in [-0.25, -0.2) is 9.18 Å². The van der Waals surface area contributed by atoms with E-state index in [0.717, 1.165) is 19.0 Å². The fourth-order valence-corrected chi connectivity index (χ4v) is 1.82. The zero-order valence-electron chi connectivity index (χ0n) is 11.5. The van der Waals surface area contributed by atoms with Gasteiger partial charge in [-0.05, 0) is 33.1 Å². The van der Waals surface area contributed by atoms with Crippen molar-refractivity contribution >= 4 is 17.3 Å². The molecule has 0 saturated carbocycles. The number of halogens is 1. The first-order chi connectivity index (χ1) is 8.82. The van der Waals surface area contributed by atoms with Crippen molar-refractivity contribution in [1.29, 1.82) is 0 Å². The lowest BCUT2D eigenvalue weighted by Gasteiger charge is -2.22. The van der Waals surface area contributed by atoms with Gasteiger partial charge in [0.05, 0.1) is 16.9 Å². The Balaban J connectivity index is 2.83. The summed E-state index contributed by atoms with van der Waals surface area (Å²) in [5.41, 5.74) is 6.16. The number of rotatable bonds is 6. The average molecular weight is 269 g/mol. The van der Waals surface area contributed by atoms with Gasteiger partial charge in [0.1, 0.15) is 5.82 Å². The zero-order chi connectivity index (χ0) is 14.6. The molecule has 0 aliphatic heterocycles. The van der Waals surface area contributed by atoms with Crippen LogP contribution in [0.1, 0.15) is 16.8 Å². The first-order valence-corrected chi connectivity index (χ1v) is 6.01. The first kappa shape index (κ1) is 15.2. The number of carbonyl (C=O) groups is 1. The molecule has 0 fully saturated rings. The number of nitrogen functional groups attached to an aromatic ring is 1. The lowest BCUT2D eigenvalue weighted by atomic mass is 10.1. The van der Waals surface area contributed by atoms with Crippen LogP contribution in [0.25, 0.3) is 0 Å². The van der Waals surface area contributed by atoms with Gasteiger partial charge in [-0.1, -0.05) is 0 Å². The van der Waals surface area contributed by atoms with Crippen molar-refractivity contribution in [3.8, 4) is 0 Å². The van der Waals surface area contributed by atoms with Gasteiger partial charge in [0, 0.05) is 19.7 Å². The molecule has 1 aromatic rings. The van der Waals surface area contributed by atoms with Crippen LogP contribution in [0.5, 0.6) is 0 Å². The molecular formula is C13H20FN3O2. The molecule has 3 N–H and O–H groups in total. The topological polar surface area (TPSA) is 69.8 Å². The maximum atomic E-state index is 13.6. The standard InChI is InChI=1S/C13H20FN3O2/c1-16(2)5-4-6-17(3)12-8-10(14)9(13(18)19)7-11(12)15/h7-8H,4-6,15H2,1-3H3,(H,18,19). The van der Waals surface area contributed by atoms with Crippen LogP contribution in [-0.2, 0) is 0 Å². The normalized spacial score (nSPS) is 10.8. The van der Waals surface area contributed by atoms with E-state index in [0.29, 0.717) is 12.2 Å². The molecule has 6 heteroatoms. The summed E-state index contributed by atoms with van der Waals surface area (Å²) in [4.78, 5) is 14.7. The van der Waals surface area contributed by atoms with E-state index in [9.17, 15) is 9.18 Å². The smallest absolute Gasteiger partial charge is 0.338 e. The highest BCUT2D eigenvalue weighted by molar-refractivity contribution is 5.90. The summed E-state index contributed by atoms with van der Waals surface area (Å²) < 4.78 is 13.6. The summed E-state index contributed by atoms with van der Waals surface area (Å²) in [5, 5.41) is 8.81. The maximum Gasteiger partial charge on any atom is 0.338 e. The van der Waals surface area contributed by atoms with Crippen molar-refractivity contribution in [2.75, 3.05) is 44.9 Å². The summed E-state index contributed by atoms with van der Waals surface area (Å²) in [5.74, 6) is -2.08. The summed E-state index contributed by atoms with van der Waals surface area (Å²) in [6.07, 6.45) is 0.908. The summed E-state index contributed by atoms with van der Waals surface area (Å²) >= 11 is 0. The van der Waals surface area contributed by atoms with E-state index in [1.54, 1.807) is 7.05 Å². The van der Waals surface area contributed by atoms with E-state index < -0.39 is 17.3 Å². The minimum atomic E-state index is -1.31. The van der Waals surface area contributed by atoms with Crippen molar-refractivity contribution in [2.45, 2.75) is 6.42 Å². The second kappa shape index (κ2) is 6.38. The third-order valence-electron chi connectivity index (χ3n) is 2.86. The van der Waals surface area contributed by atoms with Gasteiger partial charge in [0.2, 0.25) is 0 Å². The molecule has 5 nitrogen and oxygen atoms in total. The van der Waals surface area contributed by atoms with Crippen LogP contribution in [0.3, 0.4) is 0 Å². The third-order valence-corrected chi connectivity index (χ3v) is 2.86. The lowest BCUT2D eigenvalue weighted by molar-refractivity contribution is 0.0692. The van der Waals surface area contributed by atoms with E-state index in [2.05, 4.69) is 4.90 Å². The number of hydrogen-bond donors (Lipinski definition) is 2. The monoisotopic (exact) mass is 269 g/mol. The van der Waals surface area contributed by atoms with Gasteiger partial charge in [-0.3, -0.25) is 0 Å². The maximum absolute atomic E-state index is 13.6. The Hall–Kier alpha value is -1.82. The van der Waals surface area contributed by atoms with E-state index in [1.807, 2.05) is 19.0 Å². The van der Waals surface area contributed by atoms with Crippen molar-refractivity contribution in [3.63, 3.8) is 0 Å². The number of aromatic carboxylic acids is 1. The molecule has 0 saturated heterocycles. The number of benzene rings is 1. The fraction of sp³-hybridized carbons (Fsp3) is 0.462. The minimum absolute atomic E-state index is 0.270. The Labute approximate surface area is 112 Å². The van der Waals surface area contributed by atoms with E-state index in [1.165, 1.54) is 6.07 Å². The van der Waals surface area contributed by atoms with Gasteiger partial charge in [0.25, 0.3) is 0 Å². The molecule has 0 radical (unpaired) electrons. The SMILES string of the molecule is CN(C)CCCN(C)c1cc(F)c(C(=O)O)cc1N. The molecule has 0 spiro atoms. The first-order valence-electron chi connectivity index (χ1n) is 6.01. The van der Waals surface area contributed by atoms with Crippen molar-refractivity contribution in [3.05, 3.63) is 23.5 Å². The van der Waals surface area contributed by atoms with Crippen LogP contribution in [0.4, 0.5) is 15.8 Å². The zero-order valence-corrected chi connectivity index (χ0v) is 11.5. The molecule has 0 aliphatic rings. The number of nitrogens with two attached hydrogens (primary N) is 1. The number of nitrogens with zero attached hydrogens (tertiary/aromatic N) is 2. The molecule has 0 bridgehead atoms. The van der Waals surface area contributed by atoms with E-state index >= 15 is 0 Å². The predicted molar refractivity (Wildman–Crippen MR) is 74.2 cm³/mol. The minimum Gasteiger partial charge on any atom is -0.478 e. The van der Waals surface area contributed by atoms with Gasteiger partial charge in [0.15, 0.2) is 0 Å². The molecule has 19 heavy (non-hydrogen) atoms. The average Bonchev–Trinajstić information content (AvgIpc) is 2.30. The summed E-state index contributed by atoms with van der Waals surface area (Å²) in [6, 6.07) is 2.34. The lowest BCUT2D eigenvalue weighted by Crippen LogP contribution is -2.24. The Morgan fingerprint density at radius 3 is 2.47 bits per heavy atom. The van der Waals surface area contributed by atoms with Crippen LogP contribution < -0.4 is 10.6 Å². The molecular weight excluding hydrogens is 249 g/mol. The van der Waals surface area contributed by atoms with Gasteiger partial charge >= 0.3 is 5.97 Å². The Kier molecular flexibility index (Phi) is 5.11. The molecule has 1 aromatic carbocycles. The number of carboxylic acids is 1. The Morgan fingerprint density at radius 2 is 1.95 bits per heavy atom. The number of carboxylic acid groups (broad SMARTS) is 1. The van der Waals surface area contributed by atoms with Gasteiger partial charge in [-0.15, -0.1) is 0 Å². The molecule has 106 valence electrons. The molecule has 0 amide bonds. The van der Waals surface area contributed by atoms with Crippen molar-refractivity contribution in [2.24, 2.45) is 0 Å². The molecule has 0 heterocycles. The van der Waals surface area contributed by atoms with Crippen molar-refractivity contribution < 1.29 is 14.3 Å². The van der Waals surface area contributed by atoms with Crippen LogP contribution in [0.15, 0.2) is 12.1 Å². The number of hydrogen-bond acceptors (Lipinski definition) is 4.